The Morgan fingerprint density at radius 2 is 1.74 bits per heavy atom. The first kappa shape index (κ1) is 15.6. The second kappa shape index (κ2) is 7.33. The summed E-state index contributed by atoms with van der Waals surface area (Å²) in [5, 5.41) is 0. The lowest BCUT2D eigenvalue weighted by Crippen LogP contribution is -2.46. The molecule has 0 spiro atoms. The first-order valence-electron chi connectivity index (χ1n) is 7.89. The number of rotatable bonds is 5. The van der Waals surface area contributed by atoms with Gasteiger partial charge >= 0.3 is 0 Å². The van der Waals surface area contributed by atoms with Gasteiger partial charge in [-0.2, -0.15) is 0 Å². The lowest BCUT2D eigenvalue weighted by molar-refractivity contribution is 0.248. The molecule has 0 saturated carbocycles. The van der Waals surface area contributed by atoms with Gasteiger partial charge in [-0.15, -0.1) is 0 Å². The fourth-order valence-electron chi connectivity index (χ4n) is 2.91. The largest absolute Gasteiger partial charge is 0.493 e. The molecule has 3 rings (SSSR count). The molecule has 23 heavy (non-hydrogen) atoms. The SMILES string of the molecule is COc1ccc(CN2CCN(c3ccccn3)CC2)cc1OC. The maximum atomic E-state index is 5.38. The van der Waals surface area contributed by atoms with E-state index in [4.69, 9.17) is 9.47 Å². The van der Waals surface area contributed by atoms with E-state index in [1.807, 2.05) is 24.4 Å². The molecule has 1 aromatic heterocycles. The third-order valence-electron chi connectivity index (χ3n) is 4.20. The average molecular weight is 313 g/mol. The lowest BCUT2D eigenvalue weighted by Gasteiger charge is -2.35. The van der Waals surface area contributed by atoms with E-state index >= 15 is 0 Å². The molecule has 0 radical (unpaired) electrons. The van der Waals surface area contributed by atoms with Crippen LogP contribution in [0.15, 0.2) is 42.6 Å². The van der Waals surface area contributed by atoms with E-state index < -0.39 is 0 Å². The number of aromatic nitrogens is 1. The van der Waals surface area contributed by atoms with Crippen LogP contribution in [0.1, 0.15) is 5.56 Å². The fourth-order valence-corrected chi connectivity index (χ4v) is 2.91. The van der Waals surface area contributed by atoms with E-state index in [1.165, 1.54) is 5.56 Å². The molecule has 1 aromatic carbocycles. The second-order valence-corrected chi connectivity index (χ2v) is 5.64. The molecular weight excluding hydrogens is 290 g/mol. The first-order chi connectivity index (χ1) is 11.3. The van der Waals surface area contributed by atoms with Gasteiger partial charge in [0.2, 0.25) is 0 Å². The highest BCUT2D eigenvalue weighted by atomic mass is 16.5. The smallest absolute Gasteiger partial charge is 0.161 e. The van der Waals surface area contributed by atoms with Gasteiger partial charge in [0.15, 0.2) is 11.5 Å². The van der Waals surface area contributed by atoms with Gasteiger partial charge in [-0.25, -0.2) is 4.98 Å². The molecule has 0 atom stereocenters. The Morgan fingerprint density at radius 1 is 0.957 bits per heavy atom. The highest BCUT2D eigenvalue weighted by Gasteiger charge is 2.18. The Labute approximate surface area is 137 Å². The van der Waals surface area contributed by atoms with Crippen LogP contribution < -0.4 is 14.4 Å². The van der Waals surface area contributed by atoms with Gasteiger partial charge in [0.05, 0.1) is 14.2 Å². The van der Waals surface area contributed by atoms with Crippen LogP contribution in [-0.2, 0) is 6.54 Å². The molecule has 1 aliphatic heterocycles. The summed E-state index contributed by atoms with van der Waals surface area (Å²) in [7, 11) is 3.33. The molecule has 2 aromatic rings. The zero-order valence-electron chi connectivity index (χ0n) is 13.7. The highest BCUT2D eigenvalue weighted by Crippen LogP contribution is 2.28. The van der Waals surface area contributed by atoms with E-state index in [0.29, 0.717) is 0 Å². The number of ether oxygens (including phenoxy) is 2. The molecule has 0 aliphatic carbocycles. The number of hydrogen-bond donors (Lipinski definition) is 0. The topological polar surface area (TPSA) is 37.8 Å². The fraction of sp³-hybridized carbons (Fsp3) is 0.389. The minimum absolute atomic E-state index is 0.774. The monoisotopic (exact) mass is 313 g/mol. The summed E-state index contributed by atoms with van der Waals surface area (Å²) in [5.74, 6) is 2.63. The first-order valence-corrected chi connectivity index (χ1v) is 7.89. The Balaban J connectivity index is 1.58. The van der Waals surface area contributed by atoms with Gasteiger partial charge in [-0.05, 0) is 29.8 Å². The maximum Gasteiger partial charge on any atom is 0.161 e. The minimum Gasteiger partial charge on any atom is -0.493 e. The van der Waals surface area contributed by atoms with Crippen molar-refractivity contribution in [2.24, 2.45) is 0 Å². The van der Waals surface area contributed by atoms with Gasteiger partial charge in [0, 0.05) is 38.9 Å². The van der Waals surface area contributed by atoms with Crippen molar-refractivity contribution in [1.29, 1.82) is 0 Å². The van der Waals surface area contributed by atoms with Crippen molar-refractivity contribution in [3.05, 3.63) is 48.2 Å². The normalized spacial score (nSPS) is 15.5. The molecular formula is C18H23N3O2. The average Bonchev–Trinajstić information content (AvgIpc) is 2.63. The number of methoxy groups -OCH3 is 2. The van der Waals surface area contributed by atoms with Crippen LogP contribution in [0.5, 0.6) is 11.5 Å². The molecule has 0 unspecified atom stereocenters. The van der Waals surface area contributed by atoms with E-state index in [-0.39, 0.29) is 0 Å². The number of piperazine rings is 1. The van der Waals surface area contributed by atoms with Crippen molar-refractivity contribution in [2.45, 2.75) is 6.54 Å². The summed E-state index contributed by atoms with van der Waals surface area (Å²) >= 11 is 0. The molecule has 122 valence electrons. The van der Waals surface area contributed by atoms with Crippen molar-refractivity contribution >= 4 is 5.82 Å². The van der Waals surface area contributed by atoms with Gasteiger partial charge in [-0.1, -0.05) is 12.1 Å². The zero-order valence-corrected chi connectivity index (χ0v) is 13.7. The van der Waals surface area contributed by atoms with E-state index in [2.05, 4.69) is 33.0 Å². The summed E-state index contributed by atoms with van der Waals surface area (Å²) in [5.41, 5.74) is 1.24. The van der Waals surface area contributed by atoms with Crippen LogP contribution in [-0.4, -0.2) is 50.3 Å². The highest BCUT2D eigenvalue weighted by molar-refractivity contribution is 5.43. The Morgan fingerprint density at radius 3 is 2.39 bits per heavy atom. The number of benzene rings is 1. The molecule has 1 fully saturated rings. The van der Waals surface area contributed by atoms with Crippen molar-refractivity contribution in [3.63, 3.8) is 0 Å². The number of anilines is 1. The molecule has 5 heteroatoms. The molecule has 1 saturated heterocycles. The second-order valence-electron chi connectivity index (χ2n) is 5.64. The van der Waals surface area contributed by atoms with Crippen molar-refractivity contribution in [1.82, 2.24) is 9.88 Å². The third-order valence-corrected chi connectivity index (χ3v) is 4.20. The Hall–Kier alpha value is -2.27. The van der Waals surface area contributed by atoms with Crippen molar-refractivity contribution in [3.8, 4) is 11.5 Å². The quantitative estimate of drug-likeness (QED) is 0.847. The molecule has 0 amide bonds. The van der Waals surface area contributed by atoms with E-state index in [9.17, 15) is 0 Å². The Kier molecular flexibility index (Phi) is 4.98. The molecule has 2 heterocycles. The van der Waals surface area contributed by atoms with Crippen LogP contribution in [0.3, 0.4) is 0 Å². The summed E-state index contributed by atoms with van der Waals surface area (Å²) in [4.78, 5) is 9.23. The van der Waals surface area contributed by atoms with Gasteiger partial charge in [-0.3, -0.25) is 4.90 Å². The molecule has 1 aliphatic rings. The minimum atomic E-state index is 0.774. The molecule has 5 nitrogen and oxygen atoms in total. The number of pyridine rings is 1. The molecule has 0 N–H and O–H groups in total. The lowest BCUT2D eigenvalue weighted by atomic mass is 10.1. The van der Waals surface area contributed by atoms with Crippen molar-refractivity contribution in [2.75, 3.05) is 45.3 Å². The van der Waals surface area contributed by atoms with Gasteiger partial charge in [0.1, 0.15) is 5.82 Å². The summed E-state index contributed by atoms with van der Waals surface area (Å²) in [6, 6.07) is 12.2. The number of nitrogens with zero attached hydrogens (tertiary/aromatic N) is 3. The van der Waals surface area contributed by atoms with Crippen LogP contribution in [0.4, 0.5) is 5.82 Å². The van der Waals surface area contributed by atoms with Crippen molar-refractivity contribution < 1.29 is 9.47 Å². The van der Waals surface area contributed by atoms with Crippen LogP contribution in [0.2, 0.25) is 0 Å². The molecule has 0 bridgehead atoms. The summed E-state index contributed by atoms with van der Waals surface area (Å²) < 4.78 is 10.7. The summed E-state index contributed by atoms with van der Waals surface area (Å²) in [6.45, 7) is 5.00. The van der Waals surface area contributed by atoms with E-state index in [1.54, 1.807) is 14.2 Å². The van der Waals surface area contributed by atoms with Crippen LogP contribution in [0, 0.1) is 0 Å². The van der Waals surface area contributed by atoms with Gasteiger partial charge in [0.25, 0.3) is 0 Å². The van der Waals surface area contributed by atoms with Crippen LogP contribution >= 0.6 is 0 Å². The Bertz CT molecular complexity index is 625. The standard InChI is InChI=1S/C18H23N3O2/c1-22-16-7-6-15(13-17(16)23-2)14-20-9-11-21(12-10-20)18-5-3-4-8-19-18/h3-8,13H,9-12,14H2,1-2H3. The predicted molar refractivity (Wildman–Crippen MR) is 91.3 cm³/mol. The van der Waals surface area contributed by atoms with E-state index in [0.717, 1.165) is 50.0 Å². The maximum absolute atomic E-state index is 5.38. The van der Waals surface area contributed by atoms with Crippen LogP contribution in [0.25, 0.3) is 0 Å². The third kappa shape index (κ3) is 3.74. The number of hydrogen-bond acceptors (Lipinski definition) is 5. The summed E-state index contributed by atoms with van der Waals surface area (Å²) in [6.07, 6.45) is 1.85. The van der Waals surface area contributed by atoms with Gasteiger partial charge < -0.3 is 14.4 Å². The zero-order chi connectivity index (χ0) is 16.1. The predicted octanol–water partition coefficient (Wildman–Crippen LogP) is 2.42.